The number of nitrogens with zero attached hydrogens (tertiary/aromatic N) is 1. The molecule has 0 unspecified atom stereocenters. The van der Waals surface area contributed by atoms with E-state index in [1.165, 1.54) is 30.9 Å². The van der Waals surface area contributed by atoms with Crippen molar-refractivity contribution in [2.24, 2.45) is 5.73 Å². The summed E-state index contributed by atoms with van der Waals surface area (Å²) in [4.78, 5) is 12.5. The lowest BCUT2D eigenvalue weighted by atomic mass is 10.1. The van der Waals surface area contributed by atoms with Crippen LogP contribution in [0.3, 0.4) is 0 Å². The fraction of sp³-hybridized carbons (Fsp3) is 0.333. The molecule has 0 fully saturated rings. The molecule has 0 aliphatic rings. The van der Waals surface area contributed by atoms with Crippen LogP contribution in [0.25, 0.3) is 0 Å². The molecule has 0 bridgehead atoms. The maximum Gasteiger partial charge on any atom is 0.255 e. The highest BCUT2D eigenvalue weighted by Gasteiger charge is 2.06. The van der Waals surface area contributed by atoms with Crippen LogP contribution < -0.4 is 10.5 Å². The minimum absolute atomic E-state index is 0.0225. The van der Waals surface area contributed by atoms with Crippen LogP contribution in [0.1, 0.15) is 37.3 Å². The maximum atomic E-state index is 13.6. The topological polar surface area (TPSA) is 65.2 Å². The molecule has 4 nitrogen and oxygen atoms in total. The Kier molecular flexibility index (Phi) is 8.36. The van der Waals surface area contributed by atoms with Gasteiger partial charge in [-0.25, -0.2) is 9.37 Å². The van der Waals surface area contributed by atoms with Crippen LogP contribution in [-0.4, -0.2) is 11.4 Å². The predicted octanol–water partition coefficient (Wildman–Crippen LogP) is 4.16. The van der Waals surface area contributed by atoms with E-state index in [-0.39, 0.29) is 12.3 Å². The molecule has 1 heterocycles. The summed E-state index contributed by atoms with van der Waals surface area (Å²) in [5, 5.41) is 0. The van der Waals surface area contributed by atoms with Crippen molar-refractivity contribution in [3.8, 4) is 11.6 Å². The molecule has 0 aliphatic carbocycles. The largest absolute Gasteiger partial charge is 0.436 e. The second kappa shape index (κ2) is 10.3. The van der Waals surface area contributed by atoms with Crippen molar-refractivity contribution in [3.05, 3.63) is 53.5 Å². The summed E-state index contributed by atoms with van der Waals surface area (Å²) in [6.07, 6.45) is 6.59. The summed E-state index contributed by atoms with van der Waals surface area (Å²) in [5.41, 5.74) is 6.23. The molecule has 2 aromatic rings. The first-order chi connectivity index (χ1) is 11.1. The van der Waals surface area contributed by atoms with Crippen molar-refractivity contribution < 1.29 is 13.9 Å². The van der Waals surface area contributed by atoms with Gasteiger partial charge in [-0.2, -0.15) is 0 Å². The van der Waals surface area contributed by atoms with Gasteiger partial charge in [-0.3, -0.25) is 4.79 Å². The van der Waals surface area contributed by atoms with E-state index >= 15 is 0 Å². The zero-order valence-corrected chi connectivity index (χ0v) is 13.6. The molecule has 0 saturated carbocycles. The molecular weight excluding hydrogens is 295 g/mol. The number of carbonyl (C=O) groups excluding carboxylic acids is 1. The number of halogens is 1. The molecule has 2 N–H and O–H groups in total. The third kappa shape index (κ3) is 6.91. The molecule has 23 heavy (non-hydrogen) atoms. The van der Waals surface area contributed by atoms with Crippen LogP contribution in [0.2, 0.25) is 0 Å². The molecule has 5 heteroatoms. The molecule has 0 aliphatic heterocycles. The Bertz CT molecular complexity index is 600. The maximum absolute atomic E-state index is 13.6. The average Bonchev–Trinajstić information content (AvgIpc) is 2.53. The zero-order valence-electron chi connectivity index (χ0n) is 13.6. The number of amides is 1. The fourth-order valence-corrected chi connectivity index (χ4v) is 2.01. The quantitative estimate of drug-likeness (QED) is 0.642. The van der Waals surface area contributed by atoms with Crippen LogP contribution in [0.5, 0.6) is 11.6 Å². The average molecular weight is 318 g/mol. The normalized spacial score (nSPS) is 9.70. The van der Waals surface area contributed by atoms with Gasteiger partial charge in [0.15, 0.2) is 5.82 Å². The number of rotatable bonds is 6. The highest BCUT2D eigenvalue weighted by Crippen LogP contribution is 2.23. The number of aryl methyl sites for hydroxylation is 2. The molecule has 0 radical (unpaired) electrons. The van der Waals surface area contributed by atoms with Crippen LogP contribution >= 0.6 is 0 Å². The Balaban J connectivity index is 0.000000816. The van der Waals surface area contributed by atoms with Gasteiger partial charge in [0.1, 0.15) is 5.75 Å². The molecule has 0 saturated heterocycles. The summed E-state index contributed by atoms with van der Waals surface area (Å²) in [6, 6.07) is 9.19. The number of pyridine rings is 1. The molecular formula is C18H23FN2O2. The Hall–Kier alpha value is -2.43. The molecule has 0 atom stereocenters. The van der Waals surface area contributed by atoms with Crippen molar-refractivity contribution >= 4 is 6.41 Å². The predicted molar refractivity (Wildman–Crippen MR) is 88.9 cm³/mol. The molecule has 2 rings (SSSR count). The van der Waals surface area contributed by atoms with E-state index in [2.05, 4.69) is 17.6 Å². The third-order valence-corrected chi connectivity index (χ3v) is 3.15. The van der Waals surface area contributed by atoms with E-state index < -0.39 is 5.82 Å². The van der Waals surface area contributed by atoms with E-state index in [1.54, 1.807) is 13.1 Å². The van der Waals surface area contributed by atoms with Gasteiger partial charge in [0, 0.05) is 6.20 Å². The van der Waals surface area contributed by atoms with Gasteiger partial charge < -0.3 is 10.5 Å². The standard InChI is InChI=1S/C17H20FNO.CH3NO/c1-3-4-5-6-14-7-9-15(10-8-14)20-17-16(18)11-13(2)12-19-17;2-1-3/h7-12H,3-6H2,1-2H3;1H,(H2,2,3). The first-order valence-electron chi connectivity index (χ1n) is 7.65. The SMILES string of the molecule is CCCCCc1ccc(Oc2ncc(C)cc2F)cc1.NC=O. The fourth-order valence-electron chi connectivity index (χ4n) is 2.01. The third-order valence-electron chi connectivity index (χ3n) is 3.15. The van der Waals surface area contributed by atoms with Crippen molar-refractivity contribution in [2.45, 2.75) is 39.5 Å². The van der Waals surface area contributed by atoms with E-state index in [0.717, 1.165) is 12.0 Å². The summed E-state index contributed by atoms with van der Waals surface area (Å²) in [6.45, 7) is 3.99. The van der Waals surface area contributed by atoms with E-state index in [1.807, 2.05) is 24.3 Å². The van der Waals surface area contributed by atoms with Crippen molar-refractivity contribution in [3.63, 3.8) is 0 Å². The van der Waals surface area contributed by atoms with Crippen molar-refractivity contribution in [1.29, 1.82) is 0 Å². The number of primary amides is 1. The van der Waals surface area contributed by atoms with Gasteiger partial charge >= 0.3 is 0 Å². The number of benzene rings is 1. The van der Waals surface area contributed by atoms with Crippen molar-refractivity contribution in [1.82, 2.24) is 4.98 Å². The van der Waals surface area contributed by atoms with E-state index in [9.17, 15) is 4.39 Å². The van der Waals surface area contributed by atoms with Crippen molar-refractivity contribution in [2.75, 3.05) is 0 Å². The highest BCUT2D eigenvalue weighted by molar-refractivity contribution is 5.42. The summed E-state index contributed by atoms with van der Waals surface area (Å²) >= 11 is 0. The molecule has 1 aromatic carbocycles. The number of nitrogens with two attached hydrogens (primary N) is 1. The second-order valence-electron chi connectivity index (χ2n) is 5.14. The Morgan fingerprint density at radius 2 is 1.91 bits per heavy atom. The first kappa shape index (κ1) is 18.6. The van der Waals surface area contributed by atoms with Gasteiger partial charge in [0.2, 0.25) is 6.41 Å². The van der Waals surface area contributed by atoms with Gasteiger partial charge in [-0.1, -0.05) is 31.9 Å². The molecule has 1 amide bonds. The minimum atomic E-state index is -0.433. The lowest BCUT2D eigenvalue weighted by molar-refractivity contribution is -0.106. The molecule has 124 valence electrons. The number of hydrogen-bond donors (Lipinski definition) is 1. The van der Waals surface area contributed by atoms with Crippen LogP contribution in [0.15, 0.2) is 36.5 Å². The van der Waals surface area contributed by atoms with Gasteiger partial charge in [0.05, 0.1) is 0 Å². The summed E-state index contributed by atoms with van der Waals surface area (Å²) in [7, 11) is 0. The van der Waals surface area contributed by atoms with E-state index in [0.29, 0.717) is 5.75 Å². The van der Waals surface area contributed by atoms with Crippen LogP contribution in [-0.2, 0) is 11.2 Å². The van der Waals surface area contributed by atoms with Gasteiger partial charge in [-0.15, -0.1) is 0 Å². The lowest BCUT2D eigenvalue weighted by Gasteiger charge is -2.07. The lowest BCUT2D eigenvalue weighted by Crippen LogP contribution is -1.93. The smallest absolute Gasteiger partial charge is 0.255 e. The number of unbranched alkanes of at least 4 members (excludes halogenated alkanes) is 2. The molecule has 0 spiro atoms. The monoisotopic (exact) mass is 318 g/mol. The number of aromatic nitrogens is 1. The van der Waals surface area contributed by atoms with Crippen LogP contribution in [0, 0.1) is 12.7 Å². The minimum Gasteiger partial charge on any atom is -0.436 e. The molecule has 1 aromatic heterocycles. The summed E-state index contributed by atoms with van der Waals surface area (Å²) < 4.78 is 19.1. The Morgan fingerprint density at radius 3 is 2.48 bits per heavy atom. The van der Waals surface area contributed by atoms with Crippen LogP contribution in [0.4, 0.5) is 4.39 Å². The Labute approximate surface area is 136 Å². The zero-order chi connectivity index (χ0) is 17.1. The van der Waals surface area contributed by atoms with Gasteiger partial charge in [0.25, 0.3) is 5.88 Å². The van der Waals surface area contributed by atoms with E-state index in [4.69, 9.17) is 9.53 Å². The van der Waals surface area contributed by atoms with Gasteiger partial charge in [-0.05, 0) is 49.1 Å². The first-order valence-corrected chi connectivity index (χ1v) is 7.65. The highest BCUT2D eigenvalue weighted by atomic mass is 19.1. The number of hydrogen-bond acceptors (Lipinski definition) is 3. The number of carbonyl (C=O) groups is 1. The Morgan fingerprint density at radius 1 is 1.26 bits per heavy atom. The number of ether oxygens (including phenoxy) is 1. The summed E-state index contributed by atoms with van der Waals surface area (Å²) in [5.74, 6) is 0.200. The second-order valence-corrected chi connectivity index (χ2v) is 5.14.